The second-order valence-corrected chi connectivity index (χ2v) is 11.5. The first-order valence-electron chi connectivity index (χ1n) is 18.7. The van der Waals surface area contributed by atoms with Gasteiger partial charge in [-0.05, 0) is 58.0 Å². The molecule has 0 unspecified atom stereocenters. The summed E-state index contributed by atoms with van der Waals surface area (Å²) < 4.78 is 50.3. The van der Waals surface area contributed by atoms with Gasteiger partial charge in [-0.2, -0.15) is 0 Å². The maximum absolute atomic E-state index is 7.28. The van der Waals surface area contributed by atoms with Gasteiger partial charge in [0.25, 0.3) is 0 Å². The minimum atomic E-state index is -2.18. The van der Waals surface area contributed by atoms with E-state index in [1.807, 2.05) is 55.0 Å². The molecule has 0 atom stereocenters. The topological polar surface area (TPSA) is 51.8 Å². The van der Waals surface area contributed by atoms with Crippen molar-refractivity contribution in [2.24, 2.45) is 0 Å². The molecule has 5 heteroatoms. The third-order valence-corrected chi connectivity index (χ3v) is 8.41. The molecular weight excluding hydrogens is 791 g/mol. The Morgan fingerprint density at radius 2 is 1.44 bits per heavy atom. The van der Waals surface area contributed by atoms with Crippen molar-refractivity contribution in [1.82, 2.24) is 15.0 Å². The van der Waals surface area contributed by atoms with E-state index in [4.69, 9.17) is 12.6 Å². The molecular formula is C45H31IrN3O-2. The smallest absolute Gasteiger partial charge is 0.128 e. The fourth-order valence-corrected chi connectivity index (χ4v) is 6.03. The van der Waals surface area contributed by atoms with Gasteiger partial charge in [0, 0.05) is 69.5 Å². The van der Waals surface area contributed by atoms with Crippen molar-refractivity contribution < 1.29 is 32.7 Å². The summed E-state index contributed by atoms with van der Waals surface area (Å²) in [6.07, 6.45) is 6.90. The molecule has 0 aliphatic carbocycles. The predicted molar refractivity (Wildman–Crippen MR) is 200 cm³/mol. The van der Waals surface area contributed by atoms with Gasteiger partial charge in [0.15, 0.2) is 0 Å². The van der Waals surface area contributed by atoms with Gasteiger partial charge in [-0.3, -0.25) is 4.98 Å². The number of hydrogen-bond acceptors (Lipinski definition) is 4. The molecule has 4 nitrogen and oxygen atoms in total. The second-order valence-electron chi connectivity index (χ2n) is 11.5. The van der Waals surface area contributed by atoms with Crippen molar-refractivity contribution in [3.8, 4) is 44.8 Å². The summed E-state index contributed by atoms with van der Waals surface area (Å²) in [5.41, 5.74) is 9.33. The molecule has 0 spiro atoms. The SMILES string of the molecule is [2H]C([2H])([2H])c1c[c-]c(-c2ccc(C([2H])([2H])[2H])cn2)cc1.[Ir].[c-]1ccc2c(oc3c(-c4cccc5ccncc45)cccc32)c1-c1cc(-c2ccccc2)ccn1. The zero-order chi connectivity index (χ0) is 38.2. The van der Waals surface area contributed by atoms with E-state index in [2.05, 4.69) is 87.7 Å². The summed E-state index contributed by atoms with van der Waals surface area (Å²) in [6.45, 7) is -4.34. The van der Waals surface area contributed by atoms with E-state index in [0.717, 1.165) is 66.2 Å². The van der Waals surface area contributed by atoms with Crippen LogP contribution in [0.1, 0.15) is 19.4 Å². The van der Waals surface area contributed by atoms with Crippen LogP contribution in [0.25, 0.3) is 77.5 Å². The number of rotatable bonds is 4. The van der Waals surface area contributed by atoms with Crippen molar-refractivity contribution in [1.29, 1.82) is 0 Å². The molecule has 0 saturated carbocycles. The van der Waals surface area contributed by atoms with E-state index >= 15 is 0 Å². The summed E-state index contributed by atoms with van der Waals surface area (Å²) in [4.78, 5) is 13.1. The van der Waals surface area contributed by atoms with Gasteiger partial charge in [-0.1, -0.05) is 103 Å². The average molecular weight is 828 g/mol. The number of hydrogen-bond donors (Lipinski definition) is 0. The fourth-order valence-electron chi connectivity index (χ4n) is 6.03. The molecule has 4 heterocycles. The molecule has 9 rings (SSSR count). The van der Waals surface area contributed by atoms with Crippen LogP contribution in [-0.2, 0) is 20.1 Å². The molecule has 0 fully saturated rings. The van der Waals surface area contributed by atoms with E-state index in [0.29, 0.717) is 11.3 Å². The Labute approximate surface area is 313 Å². The Kier molecular flexibility index (Phi) is 7.53. The van der Waals surface area contributed by atoms with Crippen LogP contribution in [0.4, 0.5) is 0 Å². The van der Waals surface area contributed by atoms with Crippen LogP contribution in [0, 0.1) is 25.8 Å². The van der Waals surface area contributed by atoms with Crippen LogP contribution < -0.4 is 0 Å². The van der Waals surface area contributed by atoms with Crippen molar-refractivity contribution in [3.05, 3.63) is 175 Å². The summed E-state index contributed by atoms with van der Waals surface area (Å²) in [7, 11) is 0. The first-order valence-corrected chi connectivity index (χ1v) is 15.7. The van der Waals surface area contributed by atoms with Gasteiger partial charge in [-0.25, -0.2) is 0 Å². The Morgan fingerprint density at radius 1 is 0.600 bits per heavy atom. The number of furan rings is 1. The zero-order valence-corrected chi connectivity index (χ0v) is 28.9. The normalized spacial score (nSPS) is 13.1. The standard InChI is InChI=1S/C32H19N2O.C13H12N.Ir/c1-2-7-21(8-3-1)23-16-18-34-30(19-23)28-14-6-13-27-26-12-5-11-25(31(26)35-32(27)28)24-10-4-9-22-15-17-33-20-29(22)24;1-10-3-6-12(7-4-10)13-8-5-11(2)9-14-13;/h1-13,15-20H;3-6,8-9H,1-2H3;/q2*-1;/i;1D3,2D3;. The second kappa shape index (κ2) is 14.4. The van der Waals surface area contributed by atoms with E-state index in [-0.39, 0.29) is 31.2 Å². The van der Waals surface area contributed by atoms with E-state index < -0.39 is 13.7 Å². The van der Waals surface area contributed by atoms with Gasteiger partial charge in [0.2, 0.25) is 0 Å². The number of nitrogens with zero attached hydrogens (tertiary/aromatic N) is 3. The summed E-state index contributed by atoms with van der Waals surface area (Å²) in [5.74, 6) is 0. The third kappa shape index (κ3) is 6.49. The van der Waals surface area contributed by atoms with Crippen molar-refractivity contribution in [2.75, 3.05) is 0 Å². The number of fused-ring (bicyclic) bond motifs is 4. The van der Waals surface area contributed by atoms with Gasteiger partial charge in [0.1, 0.15) is 5.58 Å². The van der Waals surface area contributed by atoms with Crippen LogP contribution in [0.2, 0.25) is 0 Å². The minimum Gasteiger partial charge on any atom is -0.500 e. The van der Waals surface area contributed by atoms with Gasteiger partial charge in [-0.15, -0.1) is 53.6 Å². The summed E-state index contributed by atoms with van der Waals surface area (Å²) in [6, 6.07) is 47.0. The molecule has 243 valence electrons. The first-order chi connectivity index (χ1) is 26.5. The van der Waals surface area contributed by atoms with Crippen LogP contribution >= 0.6 is 0 Å². The molecule has 0 N–H and O–H groups in total. The largest absolute Gasteiger partial charge is 0.500 e. The van der Waals surface area contributed by atoms with Gasteiger partial charge >= 0.3 is 0 Å². The monoisotopic (exact) mass is 828 g/mol. The number of aryl methyl sites for hydroxylation is 2. The Hall–Kier alpha value is -5.74. The number of benzene rings is 5. The molecule has 0 amide bonds. The van der Waals surface area contributed by atoms with E-state index in [9.17, 15) is 0 Å². The van der Waals surface area contributed by atoms with E-state index in [1.165, 1.54) is 24.4 Å². The van der Waals surface area contributed by atoms with Crippen LogP contribution in [0.3, 0.4) is 0 Å². The molecule has 0 saturated heterocycles. The maximum atomic E-state index is 7.28. The molecule has 1 radical (unpaired) electrons. The molecule has 5 aromatic carbocycles. The fraction of sp³-hybridized carbons (Fsp3) is 0.0444. The molecule has 4 aromatic heterocycles. The number of aromatic nitrogens is 3. The summed E-state index contributed by atoms with van der Waals surface area (Å²) >= 11 is 0. The Balaban J connectivity index is 0.000000197. The van der Waals surface area contributed by atoms with Gasteiger partial charge < -0.3 is 14.4 Å². The molecule has 50 heavy (non-hydrogen) atoms. The van der Waals surface area contributed by atoms with Crippen LogP contribution in [0.15, 0.2) is 157 Å². The number of pyridine rings is 3. The zero-order valence-electron chi connectivity index (χ0n) is 32.5. The Bertz CT molecular complexity index is 2720. The average Bonchev–Trinajstić information content (AvgIpc) is 3.60. The molecule has 0 bridgehead atoms. The number of para-hydroxylation sites is 1. The first kappa shape index (κ1) is 26.2. The van der Waals surface area contributed by atoms with Crippen molar-refractivity contribution in [3.63, 3.8) is 0 Å². The quantitative estimate of drug-likeness (QED) is 0.166. The predicted octanol–water partition coefficient (Wildman–Crippen LogP) is 11.5. The van der Waals surface area contributed by atoms with E-state index in [1.54, 1.807) is 12.1 Å². The molecule has 9 aromatic rings. The Morgan fingerprint density at radius 3 is 2.26 bits per heavy atom. The van der Waals surface area contributed by atoms with Crippen molar-refractivity contribution >= 4 is 32.7 Å². The molecule has 0 aliphatic heterocycles. The van der Waals surface area contributed by atoms with Crippen molar-refractivity contribution in [2.45, 2.75) is 13.7 Å². The minimum absolute atomic E-state index is 0. The third-order valence-electron chi connectivity index (χ3n) is 8.41. The van der Waals surface area contributed by atoms with Crippen LogP contribution in [0.5, 0.6) is 0 Å². The van der Waals surface area contributed by atoms with Gasteiger partial charge in [0.05, 0.1) is 5.58 Å². The summed E-state index contributed by atoms with van der Waals surface area (Å²) in [5, 5.41) is 4.39. The molecule has 0 aliphatic rings. The maximum Gasteiger partial charge on any atom is 0.128 e. The van der Waals surface area contributed by atoms with Crippen LogP contribution in [-0.4, -0.2) is 15.0 Å².